The molecule has 4 aliphatic rings. The van der Waals surface area contributed by atoms with Crippen molar-refractivity contribution in [2.45, 2.75) is 160 Å². The number of carbonyl (C=O) groups is 7. The molecule has 4 saturated heterocycles. The molecule has 7 N–H and O–H groups in total. The highest BCUT2D eigenvalue weighted by atomic mass is 16.6. The topological polar surface area (TPSA) is 268 Å². The van der Waals surface area contributed by atoms with Gasteiger partial charge in [-0.2, -0.15) is 0 Å². The van der Waals surface area contributed by atoms with Crippen molar-refractivity contribution in [2.24, 2.45) is 23.7 Å². The summed E-state index contributed by atoms with van der Waals surface area (Å²) in [5.41, 5.74) is 3.87. The first-order chi connectivity index (χ1) is 31.0. The SMILES string of the molecule is CC(C)CC1CCC(O)(C(C)(O)C(=O)CC2C(=O)N3NCCCC3C(=O)N(O)C(C)C(=O)N(C)C(Cc3ccccc3)C(=O)N3NCCCC3C(=O)NC(CO)C(=O)OC2C(C)C)OC1C. The Hall–Kier alpha value is -4.57. The van der Waals surface area contributed by atoms with Crippen LogP contribution in [0.3, 0.4) is 0 Å². The maximum absolute atomic E-state index is 15.1. The zero-order chi connectivity index (χ0) is 48.8. The fourth-order valence-corrected chi connectivity index (χ4v) is 9.53. The lowest BCUT2D eigenvalue weighted by Crippen LogP contribution is -2.65. The van der Waals surface area contributed by atoms with E-state index < -0.39 is 120 Å². The fourth-order valence-electron chi connectivity index (χ4n) is 9.53. The molecule has 66 heavy (non-hydrogen) atoms. The van der Waals surface area contributed by atoms with Crippen LogP contribution in [0.4, 0.5) is 0 Å². The number of ether oxygens (including phenoxy) is 2. The van der Waals surface area contributed by atoms with Gasteiger partial charge in [-0.3, -0.25) is 44.0 Å². The second kappa shape index (κ2) is 22.0. The molecule has 1 aromatic carbocycles. The van der Waals surface area contributed by atoms with E-state index in [-0.39, 0.29) is 49.8 Å². The van der Waals surface area contributed by atoms with Crippen molar-refractivity contribution in [3.8, 4) is 0 Å². The van der Waals surface area contributed by atoms with Gasteiger partial charge >= 0.3 is 5.97 Å². The number of hydrogen-bond donors (Lipinski definition) is 7. The first-order valence-electron chi connectivity index (χ1n) is 23.3. The third-order valence-electron chi connectivity index (χ3n) is 13.7. The van der Waals surface area contributed by atoms with Crippen molar-refractivity contribution >= 4 is 41.3 Å². The molecule has 0 aliphatic carbocycles. The molecule has 0 aromatic heterocycles. The second-order valence-corrected chi connectivity index (χ2v) is 19.3. The average Bonchev–Trinajstić information content (AvgIpc) is 3.29. The van der Waals surface area contributed by atoms with Gasteiger partial charge in [0.05, 0.1) is 18.6 Å². The molecule has 4 fully saturated rings. The van der Waals surface area contributed by atoms with Crippen LogP contribution in [0.1, 0.15) is 105 Å². The van der Waals surface area contributed by atoms with Crippen LogP contribution < -0.4 is 16.2 Å². The van der Waals surface area contributed by atoms with Gasteiger partial charge in [0.25, 0.3) is 11.8 Å². The van der Waals surface area contributed by atoms with Crippen LogP contribution in [0.5, 0.6) is 0 Å². The lowest BCUT2D eigenvalue weighted by Gasteiger charge is -2.47. The van der Waals surface area contributed by atoms with Gasteiger partial charge in [-0.15, -0.1) is 0 Å². The molecule has 5 amide bonds. The summed E-state index contributed by atoms with van der Waals surface area (Å²) in [5, 5.41) is 50.6. The van der Waals surface area contributed by atoms with Gasteiger partial charge < -0.3 is 35.0 Å². The van der Waals surface area contributed by atoms with Crippen LogP contribution in [0, 0.1) is 23.7 Å². The fraction of sp³-hybridized carbons (Fsp3) is 0.717. The summed E-state index contributed by atoms with van der Waals surface area (Å²) in [6, 6.07) is 1.42. The van der Waals surface area contributed by atoms with E-state index in [0.717, 1.165) is 28.3 Å². The molecule has 5 rings (SSSR count). The van der Waals surface area contributed by atoms with Gasteiger partial charge in [-0.25, -0.2) is 20.7 Å². The van der Waals surface area contributed by atoms with Gasteiger partial charge in [0, 0.05) is 39.4 Å². The van der Waals surface area contributed by atoms with Crippen LogP contribution in [0.25, 0.3) is 0 Å². The van der Waals surface area contributed by atoms with Gasteiger partial charge in [0.1, 0.15) is 30.3 Å². The number of carbonyl (C=O) groups excluding carboxylic acids is 7. The number of benzene rings is 1. The zero-order valence-electron chi connectivity index (χ0n) is 39.5. The van der Waals surface area contributed by atoms with E-state index >= 15 is 4.79 Å². The number of esters is 1. The van der Waals surface area contributed by atoms with Crippen molar-refractivity contribution < 1.29 is 63.6 Å². The third-order valence-corrected chi connectivity index (χ3v) is 13.7. The molecule has 0 bridgehead atoms. The molecule has 0 radical (unpaired) electrons. The van der Waals surface area contributed by atoms with Gasteiger partial charge in [0.15, 0.2) is 17.4 Å². The number of cyclic esters (lactones) is 1. The predicted octanol–water partition coefficient (Wildman–Crippen LogP) is 0.588. The summed E-state index contributed by atoms with van der Waals surface area (Å²) < 4.78 is 12.0. The molecular weight excluding hydrogens is 859 g/mol. The monoisotopic (exact) mass is 930 g/mol. The molecule has 0 saturated carbocycles. The number of aliphatic hydroxyl groups excluding tert-OH is 1. The first kappa shape index (κ1) is 52.4. The van der Waals surface area contributed by atoms with E-state index in [4.69, 9.17) is 9.47 Å². The number of hydroxylamine groups is 2. The van der Waals surface area contributed by atoms with E-state index in [9.17, 15) is 49.3 Å². The number of ketones is 1. The number of nitrogens with one attached hydrogen (secondary N) is 3. The quantitative estimate of drug-likeness (QED) is 0.125. The van der Waals surface area contributed by atoms with E-state index in [0.29, 0.717) is 30.7 Å². The summed E-state index contributed by atoms with van der Waals surface area (Å²) in [4.78, 5) is 102. The summed E-state index contributed by atoms with van der Waals surface area (Å²) >= 11 is 0. The lowest BCUT2D eigenvalue weighted by atomic mass is 9.76. The van der Waals surface area contributed by atoms with Gasteiger partial charge in [0.2, 0.25) is 23.5 Å². The van der Waals surface area contributed by atoms with Gasteiger partial charge in [-0.05, 0) is 82.6 Å². The minimum Gasteiger partial charge on any atom is -0.460 e. The normalized spacial score (nSPS) is 32.5. The number of aliphatic hydroxyl groups is 3. The highest BCUT2D eigenvalue weighted by molar-refractivity contribution is 5.97. The number of Topliss-reactive ketones (excluding diaryl/α,β-unsaturated/α-hetero) is 1. The van der Waals surface area contributed by atoms with Crippen molar-refractivity contribution in [1.82, 2.24) is 36.1 Å². The highest BCUT2D eigenvalue weighted by Gasteiger charge is 2.57. The van der Waals surface area contributed by atoms with Crippen molar-refractivity contribution in [3.63, 3.8) is 0 Å². The average molecular weight is 930 g/mol. The Balaban J connectivity index is 1.58. The smallest absolute Gasteiger partial charge is 0.331 e. The van der Waals surface area contributed by atoms with E-state index in [1.54, 1.807) is 51.1 Å². The van der Waals surface area contributed by atoms with Crippen LogP contribution in [0.15, 0.2) is 30.3 Å². The minimum atomic E-state index is -2.61. The predicted molar refractivity (Wildman–Crippen MR) is 236 cm³/mol. The zero-order valence-corrected chi connectivity index (χ0v) is 39.5. The van der Waals surface area contributed by atoms with Crippen LogP contribution in [-0.2, 0) is 49.5 Å². The Kier molecular flexibility index (Phi) is 17.5. The number of fused-ring (bicyclic) bond motifs is 2. The van der Waals surface area contributed by atoms with Crippen molar-refractivity contribution in [2.75, 3.05) is 26.7 Å². The minimum absolute atomic E-state index is 0.0192. The van der Waals surface area contributed by atoms with Gasteiger partial charge in [-0.1, -0.05) is 58.0 Å². The number of likely N-dealkylation sites (N-methyl/N-ethyl adjacent to an activating group) is 1. The Morgan fingerprint density at radius 3 is 2.08 bits per heavy atom. The van der Waals surface area contributed by atoms with Crippen molar-refractivity contribution in [1.29, 1.82) is 0 Å². The third kappa shape index (κ3) is 11.4. The maximum atomic E-state index is 15.1. The van der Waals surface area contributed by atoms with Crippen molar-refractivity contribution in [3.05, 3.63) is 35.9 Å². The Bertz CT molecular complexity index is 1920. The highest BCUT2D eigenvalue weighted by Crippen LogP contribution is 2.42. The van der Waals surface area contributed by atoms with E-state index in [1.807, 2.05) is 0 Å². The summed E-state index contributed by atoms with van der Waals surface area (Å²) in [7, 11) is 1.34. The Morgan fingerprint density at radius 1 is 0.894 bits per heavy atom. The molecule has 20 heteroatoms. The number of amides is 5. The molecule has 11 unspecified atom stereocenters. The van der Waals surface area contributed by atoms with Crippen LogP contribution in [-0.4, -0.2) is 162 Å². The number of hydrazine groups is 2. The van der Waals surface area contributed by atoms with Crippen LogP contribution in [0.2, 0.25) is 0 Å². The molecule has 0 spiro atoms. The Morgan fingerprint density at radius 2 is 1.50 bits per heavy atom. The molecule has 4 aliphatic heterocycles. The molecule has 1 aromatic rings. The molecule has 20 nitrogen and oxygen atoms in total. The summed E-state index contributed by atoms with van der Waals surface area (Å²) in [6.45, 7) is 10.8. The summed E-state index contributed by atoms with van der Waals surface area (Å²) in [5.74, 6) is -11.2. The number of nitrogens with zero attached hydrogens (tertiary/aromatic N) is 4. The molecule has 11 atom stereocenters. The largest absolute Gasteiger partial charge is 0.460 e. The van der Waals surface area contributed by atoms with E-state index in [2.05, 4.69) is 30.0 Å². The number of rotatable bonds is 10. The van der Waals surface area contributed by atoms with E-state index in [1.165, 1.54) is 14.0 Å². The maximum Gasteiger partial charge on any atom is 0.331 e. The lowest BCUT2D eigenvalue weighted by molar-refractivity contribution is -0.325. The Labute approximate surface area is 386 Å². The number of hydrogen-bond acceptors (Lipinski definition) is 15. The molecule has 4 heterocycles. The van der Waals surface area contributed by atoms with Crippen LogP contribution >= 0.6 is 0 Å². The standard InChI is InChI=1S/C46H71N7O13/c1-26(2)22-31-18-19-46(63,66-29(31)6)45(7,62)37(55)24-32-38(27(3)4)65-44(61)33(25-54)49-39(56)34-16-12-20-47-51(34)42(59)36(23-30-14-10-9-11-15-30)50(8)40(57)28(5)53(64)43(60)35-17-13-21-48-52(35)41(32)58/h9-11,14-15,26-29,31-36,38,47-48,54,62-64H,12-13,16-25H2,1-8H3,(H,49,56). The molecular formula is C46H71N7O13. The molecule has 368 valence electrons. The summed E-state index contributed by atoms with van der Waals surface area (Å²) in [6.07, 6.45) is -1.03. The first-order valence-corrected chi connectivity index (χ1v) is 23.3. The second-order valence-electron chi connectivity index (χ2n) is 19.3.